The summed E-state index contributed by atoms with van der Waals surface area (Å²) in [5.41, 5.74) is 5.79. The van der Waals surface area contributed by atoms with Crippen LogP contribution in [0.15, 0.2) is 52.3 Å². The van der Waals surface area contributed by atoms with Gasteiger partial charge in [0, 0.05) is 21.1 Å². The van der Waals surface area contributed by atoms with Gasteiger partial charge in [-0.2, -0.15) is 0 Å². The maximum atomic E-state index is 4.67. The molecule has 0 aliphatic rings. The van der Waals surface area contributed by atoms with Gasteiger partial charge in [-0.3, -0.25) is 0 Å². The Morgan fingerprint density at radius 2 is 1.81 bits per heavy atom. The fraction of sp³-hybridized carbons (Fsp3) is 0.118. The lowest BCUT2D eigenvalue weighted by molar-refractivity contribution is 1.31. The first-order valence-corrected chi connectivity index (χ1v) is 8.35. The maximum absolute atomic E-state index is 4.67. The average molecular weight is 359 g/mol. The second kappa shape index (κ2) is 6.00. The third-order valence-electron chi connectivity index (χ3n) is 3.49. The van der Waals surface area contributed by atoms with E-state index in [1.54, 1.807) is 11.3 Å². The number of benzene rings is 2. The molecule has 0 fully saturated rings. The highest BCUT2D eigenvalue weighted by Gasteiger charge is 2.06. The Hall–Kier alpha value is -1.65. The smallest absolute Gasteiger partial charge is 0.187 e. The van der Waals surface area contributed by atoms with Crippen molar-refractivity contribution in [1.82, 2.24) is 4.98 Å². The topological polar surface area (TPSA) is 24.9 Å². The van der Waals surface area contributed by atoms with Crippen LogP contribution < -0.4 is 5.32 Å². The predicted octanol–water partition coefficient (Wildman–Crippen LogP) is 5.93. The Morgan fingerprint density at radius 3 is 2.57 bits per heavy atom. The van der Waals surface area contributed by atoms with Crippen LogP contribution in [0.25, 0.3) is 11.3 Å². The fourth-order valence-corrected chi connectivity index (χ4v) is 3.08. The number of aromatic nitrogens is 1. The third-order valence-corrected chi connectivity index (χ3v) is 4.78. The van der Waals surface area contributed by atoms with Crippen molar-refractivity contribution in [2.24, 2.45) is 0 Å². The molecule has 2 aromatic carbocycles. The molecule has 0 unspecified atom stereocenters. The molecule has 0 spiro atoms. The second-order valence-electron chi connectivity index (χ2n) is 4.92. The van der Waals surface area contributed by atoms with Crippen LogP contribution in [0.2, 0.25) is 0 Å². The van der Waals surface area contributed by atoms with E-state index in [1.165, 1.54) is 11.1 Å². The van der Waals surface area contributed by atoms with Crippen LogP contribution in [0, 0.1) is 13.8 Å². The number of anilines is 2. The minimum absolute atomic E-state index is 0.918. The number of hydrogen-bond donors (Lipinski definition) is 1. The molecule has 0 bridgehead atoms. The molecule has 0 amide bonds. The molecule has 1 aromatic heterocycles. The molecule has 1 N–H and O–H groups in total. The lowest BCUT2D eigenvalue weighted by atomic mass is 10.1. The van der Waals surface area contributed by atoms with Crippen molar-refractivity contribution >= 4 is 38.1 Å². The summed E-state index contributed by atoms with van der Waals surface area (Å²) in [6.45, 7) is 4.25. The van der Waals surface area contributed by atoms with Gasteiger partial charge in [0.1, 0.15) is 0 Å². The zero-order valence-electron chi connectivity index (χ0n) is 11.9. The third kappa shape index (κ3) is 3.17. The lowest BCUT2D eigenvalue weighted by Crippen LogP contribution is -1.94. The molecule has 106 valence electrons. The summed E-state index contributed by atoms with van der Waals surface area (Å²) < 4.78 is 1.08. The van der Waals surface area contributed by atoms with Crippen LogP contribution >= 0.6 is 27.3 Å². The summed E-state index contributed by atoms with van der Waals surface area (Å²) in [7, 11) is 0. The van der Waals surface area contributed by atoms with E-state index in [0.717, 1.165) is 26.5 Å². The van der Waals surface area contributed by atoms with E-state index in [-0.39, 0.29) is 0 Å². The quantitative estimate of drug-likeness (QED) is 0.627. The van der Waals surface area contributed by atoms with Crippen molar-refractivity contribution in [2.75, 3.05) is 5.32 Å². The summed E-state index contributed by atoms with van der Waals surface area (Å²) in [6.07, 6.45) is 0. The van der Waals surface area contributed by atoms with E-state index in [1.807, 2.05) is 12.1 Å². The minimum atomic E-state index is 0.918. The molecule has 0 radical (unpaired) electrons. The van der Waals surface area contributed by atoms with Crippen molar-refractivity contribution in [3.63, 3.8) is 0 Å². The van der Waals surface area contributed by atoms with Gasteiger partial charge in [-0.15, -0.1) is 11.3 Å². The number of nitrogens with one attached hydrogen (secondary N) is 1. The Kier molecular flexibility index (Phi) is 4.08. The first-order chi connectivity index (χ1) is 10.1. The summed E-state index contributed by atoms with van der Waals surface area (Å²) >= 11 is 5.08. The number of hydrogen-bond acceptors (Lipinski definition) is 3. The fourth-order valence-electron chi connectivity index (χ4n) is 2.09. The number of nitrogens with zero attached hydrogens (tertiary/aromatic N) is 1. The normalized spacial score (nSPS) is 10.6. The van der Waals surface area contributed by atoms with Crippen LogP contribution in [0.1, 0.15) is 11.1 Å². The lowest BCUT2D eigenvalue weighted by Gasteiger charge is -2.08. The molecule has 0 aliphatic carbocycles. The van der Waals surface area contributed by atoms with Crippen LogP contribution in [-0.2, 0) is 0 Å². The molecule has 0 saturated heterocycles. The average Bonchev–Trinajstić information content (AvgIpc) is 2.93. The molecular formula is C17H15BrN2S. The summed E-state index contributed by atoms with van der Waals surface area (Å²) in [5, 5.41) is 6.41. The van der Waals surface area contributed by atoms with Crippen molar-refractivity contribution in [1.29, 1.82) is 0 Å². The van der Waals surface area contributed by atoms with Gasteiger partial charge in [0.2, 0.25) is 0 Å². The van der Waals surface area contributed by atoms with E-state index in [0.29, 0.717) is 0 Å². The van der Waals surface area contributed by atoms with Crippen molar-refractivity contribution in [2.45, 2.75) is 13.8 Å². The Labute approximate surface area is 137 Å². The molecule has 0 aliphatic heterocycles. The molecule has 21 heavy (non-hydrogen) atoms. The molecular weight excluding hydrogens is 344 g/mol. The van der Waals surface area contributed by atoms with E-state index in [2.05, 4.69) is 75.8 Å². The van der Waals surface area contributed by atoms with E-state index >= 15 is 0 Å². The molecule has 3 rings (SSSR count). The second-order valence-corrected chi connectivity index (χ2v) is 6.69. The Morgan fingerprint density at radius 1 is 1.05 bits per heavy atom. The van der Waals surface area contributed by atoms with E-state index < -0.39 is 0 Å². The van der Waals surface area contributed by atoms with Gasteiger partial charge in [-0.1, -0.05) is 40.2 Å². The van der Waals surface area contributed by atoms with Gasteiger partial charge in [0.25, 0.3) is 0 Å². The zero-order valence-corrected chi connectivity index (χ0v) is 14.3. The standard InChI is InChI=1S/C17H15BrN2S/c1-11-4-3-5-15(12(11)2)19-17-20-16(10-21-17)13-6-8-14(18)9-7-13/h3-10H,1-2H3,(H,19,20). The SMILES string of the molecule is Cc1cccc(Nc2nc(-c3ccc(Br)cc3)cs2)c1C. The summed E-state index contributed by atoms with van der Waals surface area (Å²) in [6, 6.07) is 14.5. The number of aryl methyl sites for hydroxylation is 1. The predicted molar refractivity (Wildman–Crippen MR) is 94.4 cm³/mol. The van der Waals surface area contributed by atoms with Crippen LogP contribution in [-0.4, -0.2) is 4.98 Å². The van der Waals surface area contributed by atoms with E-state index in [4.69, 9.17) is 0 Å². The number of rotatable bonds is 3. The largest absolute Gasteiger partial charge is 0.331 e. The van der Waals surface area contributed by atoms with Crippen molar-refractivity contribution in [3.05, 3.63) is 63.4 Å². The number of halogens is 1. The van der Waals surface area contributed by atoms with Crippen LogP contribution in [0.5, 0.6) is 0 Å². The first kappa shape index (κ1) is 14.3. The van der Waals surface area contributed by atoms with Gasteiger partial charge in [-0.05, 0) is 43.2 Å². The van der Waals surface area contributed by atoms with Gasteiger partial charge in [0.15, 0.2) is 5.13 Å². The van der Waals surface area contributed by atoms with Crippen LogP contribution in [0.3, 0.4) is 0 Å². The highest BCUT2D eigenvalue weighted by atomic mass is 79.9. The minimum Gasteiger partial charge on any atom is -0.331 e. The number of thiazole rings is 1. The molecule has 4 heteroatoms. The summed E-state index contributed by atoms with van der Waals surface area (Å²) in [5.74, 6) is 0. The van der Waals surface area contributed by atoms with E-state index in [9.17, 15) is 0 Å². The first-order valence-electron chi connectivity index (χ1n) is 6.68. The molecule has 0 atom stereocenters. The highest BCUT2D eigenvalue weighted by molar-refractivity contribution is 9.10. The van der Waals surface area contributed by atoms with Crippen molar-refractivity contribution in [3.8, 4) is 11.3 Å². The van der Waals surface area contributed by atoms with Gasteiger partial charge in [-0.25, -0.2) is 4.98 Å². The van der Waals surface area contributed by atoms with Gasteiger partial charge < -0.3 is 5.32 Å². The van der Waals surface area contributed by atoms with Crippen LogP contribution in [0.4, 0.5) is 10.8 Å². The molecule has 0 saturated carbocycles. The monoisotopic (exact) mass is 358 g/mol. The highest BCUT2D eigenvalue weighted by Crippen LogP contribution is 2.29. The van der Waals surface area contributed by atoms with Crippen molar-refractivity contribution < 1.29 is 0 Å². The molecule has 3 aromatic rings. The summed E-state index contributed by atoms with van der Waals surface area (Å²) in [4.78, 5) is 4.67. The molecule has 2 nitrogen and oxygen atoms in total. The Balaban J connectivity index is 1.85. The Bertz CT molecular complexity index is 763. The zero-order chi connectivity index (χ0) is 14.8. The maximum Gasteiger partial charge on any atom is 0.187 e. The van der Waals surface area contributed by atoms with Gasteiger partial charge in [0.05, 0.1) is 5.69 Å². The molecule has 1 heterocycles. The van der Waals surface area contributed by atoms with Gasteiger partial charge >= 0.3 is 0 Å².